The Morgan fingerprint density at radius 3 is 2.67 bits per heavy atom. The summed E-state index contributed by atoms with van der Waals surface area (Å²) in [4.78, 5) is 4.44. The fourth-order valence-corrected chi connectivity index (χ4v) is 2.69. The molecule has 0 saturated carbocycles. The van der Waals surface area contributed by atoms with Gasteiger partial charge in [0.15, 0.2) is 0 Å². The van der Waals surface area contributed by atoms with E-state index in [1.54, 1.807) is 6.33 Å². The van der Waals surface area contributed by atoms with Crippen LogP contribution in [0.15, 0.2) is 35.1 Å². The number of nitrogens with zero attached hydrogens (tertiary/aromatic N) is 3. The van der Waals surface area contributed by atoms with Gasteiger partial charge in [-0.05, 0) is 30.7 Å². The van der Waals surface area contributed by atoms with E-state index in [9.17, 15) is 0 Å². The normalized spacial score (nSPS) is 12.5. The second-order valence-corrected chi connectivity index (χ2v) is 6.08. The quantitative estimate of drug-likeness (QED) is 0.793. The molecule has 1 heterocycles. The monoisotopic (exact) mass is 350 g/mol. The Hall–Kier alpha value is -1.20. The molecular formula is C16H23BrN4. The second-order valence-electron chi connectivity index (χ2n) is 5.16. The summed E-state index contributed by atoms with van der Waals surface area (Å²) in [6, 6.07) is 8.58. The molecule has 1 atom stereocenters. The first-order valence-electron chi connectivity index (χ1n) is 7.57. The van der Waals surface area contributed by atoms with Gasteiger partial charge in [0.05, 0.1) is 0 Å². The van der Waals surface area contributed by atoms with Crippen LogP contribution in [0.4, 0.5) is 0 Å². The highest BCUT2D eigenvalue weighted by Crippen LogP contribution is 2.22. The highest BCUT2D eigenvalue weighted by Gasteiger charge is 2.15. The molecule has 0 fully saturated rings. The number of hydrogen-bond donors (Lipinski definition) is 1. The molecule has 0 aliphatic heterocycles. The van der Waals surface area contributed by atoms with Crippen LogP contribution in [0.3, 0.4) is 0 Å². The van der Waals surface area contributed by atoms with Gasteiger partial charge >= 0.3 is 0 Å². The highest BCUT2D eigenvalue weighted by atomic mass is 79.9. The van der Waals surface area contributed by atoms with E-state index in [1.165, 1.54) is 5.56 Å². The van der Waals surface area contributed by atoms with Crippen molar-refractivity contribution < 1.29 is 0 Å². The molecule has 21 heavy (non-hydrogen) atoms. The van der Waals surface area contributed by atoms with Crippen LogP contribution in [0.1, 0.15) is 37.6 Å². The molecule has 0 spiro atoms. The molecule has 0 bridgehead atoms. The van der Waals surface area contributed by atoms with Crippen LogP contribution in [0, 0.1) is 0 Å². The maximum atomic E-state index is 4.44. The number of benzene rings is 1. The van der Waals surface area contributed by atoms with Gasteiger partial charge in [-0.2, -0.15) is 5.10 Å². The summed E-state index contributed by atoms with van der Waals surface area (Å²) in [5.41, 5.74) is 1.34. The van der Waals surface area contributed by atoms with Crippen molar-refractivity contribution in [1.82, 2.24) is 20.1 Å². The number of aryl methyl sites for hydroxylation is 1. The van der Waals surface area contributed by atoms with Crippen LogP contribution >= 0.6 is 15.9 Å². The zero-order chi connectivity index (χ0) is 15.1. The lowest BCUT2D eigenvalue weighted by Gasteiger charge is -2.18. The third-order valence-corrected chi connectivity index (χ3v) is 4.07. The lowest BCUT2D eigenvalue weighted by Crippen LogP contribution is -2.24. The Balaban J connectivity index is 2.15. The maximum absolute atomic E-state index is 4.44. The van der Waals surface area contributed by atoms with Gasteiger partial charge in [0.2, 0.25) is 0 Å². The molecule has 0 amide bonds. The predicted molar refractivity (Wildman–Crippen MR) is 89.4 cm³/mol. The van der Waals surface area contributed by atoms with E-state index >= 15 is 0 Å². The molecule has 0 radical (unpaired) electrons. The Kier molecular flexibility index (Phi) is 6.39. The van der Waals surface area contributed by atoms with Crippen molar-refractivity contribution in [2.45, 2.75) is 39.2 Å². The van der Waals surface area contributed by atoms with E-state index in [-0.39, 0.29) is 0 Å². The van der Waals surface area contributed by atoms with E-state index in [4.69, 9.17) is 0 Å². The van der Waals surface area contributed by atoms with Gasteiger partial charge < -0.3 is 5.32 Å². The topological polar surface area (TPSA) is 42.7 Å². The lowest BCUT2D eigenvalue weighted by atomic mass is 9.95. The van der Waals surface area contributed by atoms with Crippen LogP contribution in [-0.4, -0.2) is 27.9 Å². The zero-order valence-electron chi connectivity index (χ0n) is 12.7. The van der Waals surface area contributed by atoms with Crippen molar-refractivity contribution in [2.24, 2.45) is 0 Å². The van der Waals surface area contributed by atoms with E-state index in [2.05, 4.69) is 69.4 Å². The van der Waals surface area contributed by atoms with Gasteiger partial charge in [0.1, 0.15) is 12.2 Å². The molecule has 1 N–H and O–H groups in total. The van der Waals surface area contributed by atoms with Gasteiger partial charge in [-0.25, -0.2) is 4.98 Å². The minimum Gasteiger partial charge on any atom is -0.316 e. The Morgan fingerprint density at radius 1 is 1.24 bits per heavy atom. The van der Waals surface area contributed by atoms with Crippen LogP contribution in [0.2, 0.25) is 0 Å². The molecule has 4 nitrogen and oxygen atoms in total. The number of likely N-dealkylation sites (N-methyl/N-ethyl adjacent to an activating group) is 1. The van der Waals surface area contributed by atoms with Crippen molar-refractivity contribution in [3.63, 3.8) is 0 Å². The number of halogens is 1. The van der Waals surface area contributed by atoms with Crippen molar-refractivity contribution in [3.05, 3.63) is 46.5 Å². The molecule has 1 aromatic carbocycles. The largest absolute Gasteiger partial charge is 0.316 e. The average Bonchev–Trinajstić information content (AvgIpc) is 2.92. The Morgan fingerprint density at radius 2 is 2.00 bits per heavy atom. The molecule has 2 aromatic rings. The zero-order valence-corrected chi connectivity index (χ0v) is 14.3. The van der Waals surface area contributed by atoms with E-state index < -0.39 is 0 Å². The number of rotatable bonds is 8. The van der Waals surface area contributed by atoms with Crippen molar-refractivity contribution in [1.29, 1.82) is 0 Å². The molecule has 0 aliphatic carbocycles. The average molecular weight is 351 g/mol. The summed E-state index contributed by atoms with van der Waals surface area (Å²) in [5, 5.41) is 7.78. The minimum absolute atomic E-state index is 0.415. The van der Waals surface area contributed by atoms with Crippen molar-refractivity contribution in [2.75, 3.05) is 13.1 Å². The van der Waals surface area contributed by atoms with Gasteiger partial charge in [-0.15, -0.1) is 0 Å². The first-order chi connectivity index (χ1) is 10.2. The predicted octanol–water partition coefficient (Wildman–Crippen LogP) is 3.39. The lowest BCUT2D eigenvalue weighted by molar-refractivity contribution is 0.526. The van der Waals surface area contributed by atoms with Gasteiger partial charge in [-0.1, -0.05) is 41.9 Å². The van der Waals surface area contributed by atoms with Crippen LogP contribution in [0.25, 0.3) is 0 Å². The molecular weight excluding hydrogens is 328 g/mol. The molecule has 2 rings (SSSR count). The van der Waals surface area contributed by atoms with Crippen LogP contribution in [0.5, 0.6) is 0 Å². The van der Waals surface area contributed by atoms with Crippen LogP contribution < -0.4 is 5.32 Å². The van der Waals surface area contributed by atoms with E-state index in [1.807, 2.05) is 4.68 Å². The fourth-order valence-electron chi connectivity index (χ4n) is 2.43. The fraction of sp³-hybridized carbons (Fsp3) is 0.500. The standard InChI is InChI=1S/C16H23BrN4/c1-3-9-21-16(19-12-20-21)10-14(11-18-4-2)13-5-7-15(17)8-6-13/h5-8,12,14,18H,3-4,9-11H2,1-2H3. The smallest absolute Gasteiger partial charge is 0.138 e. The molecule has 0 saturated heterocycles. The highest BCUT2D eigenvalue weighted by molar-refractivity contribution is 9.10. The van der Waals surface area contributed by atoms with Crippen molar-refractivity contribution >= 4 is 15.9 Å². The summed E-state index contributed by atoms with van der Waals surface area (Å²) in [6.07, 6.45) is 3.65. The first kappa shape index (κ1) is 16.2. The minimum atomic E-state index is 0.415. The molecule has 1 unspecified atom stereocenters. The summed E-state index contributed by atoms with van der Waals surface area (Å²) in [7, 11) is 0. The molecule has 114 valence electrons. The third kappa shape index (κ3) is 4.64. The van der Waals surface area contributed by atoms with Gasteiger partial charge in [0.25, 0.3) is 0 Å². The summed E-state index contributed by atoms with van der Waals surface area (Å²) < 4.78 is 3.14. The second kappa shape index (κ2) is 8.29. The Labute approximate surface area is 135 Å². The number of nitrogens with one attached hydrogen (secondary N) is 1. The maximum Gasteiger partial charge on any atom is 0.138 e. The van der Waals surface area contributed by atoms with Crippen molar-refractivity contribution in [3.8, 4) is 0 Å². The SMILES string of the molecule is CCCn1ncnc1CC(CNCC)c1ccc(Br)cc1. The summed E-state index contributed by atoms with van der Waals surface area (Å²) >= 11 is 3.50. The first-order valence-corrected chi connectivity index (χ1v) is 8.36. The summed E-state index contributed by atoms with van der Waals surface area (Å²) in [6.45, 7) is 7.17. The molecule has 1 aromatic heterocycles. The van der Waals surface area contributed by atoms with E-state index in [0.29, 0.717) is 5.92 Å². The molecule has 5 heteroatoms. The van der Waals surface area contributed by atoms with Crippen LogP contribution in [-0.2, 0) is 13.0 Å². The van der Waals surface area contributed by atoms with Gasteiger partial charge in [0, 0.05) is 29.9 Å². The Bertz CT molecular complexity index is 535. The number of aromatic nitrogens is 3. The van der Waals surface area contributed by atoms with Gasteiger partial charge in [-0.3, -0.25) is 4.68 Å². The molecule has 0 aliphatic rings. The number of hydrogen-bond acceptors (Lipinski definition) is 3. The third-order valence-electron chi connectivity index (χ3n) is 3.54. The van der Waals surface area contributed by atoms with E-state index in [0.717, 1.165) is 42.8 Å². The summed E-state index contributed by atoms with van der Waals surface area (Å²) in [5.74, 6) is 1.49.